The van der Waals surface area contributed by atoms with Crippen LogP contribution in [-0.2, 0) is 11.3 Å². The predicted molar refractivity (Wildman–Crippen MR) is 108 cm³/mol. The van der Waals surface area contributed by atoms with Crippen LogP contribution in [0.15, 0.2) is 65.2 Å². The van der Waals surface area contributed by atoms with Gasteiger partial charge in [0, 0.05) is 18.4 Å². The molecule has 1 aliphatic rings. The molecule has 0 unspecified atom stereocenters. The maximum Gasteiger partial charge on any atom is 0.573 e. The molecule has 1 aromatic carbocycles. The van der Waals surface area contributed by atoms with Gasteiger partial charge in [0.05, 0.1) is 5.39 Å². The Labute approximate surface area is 176 Å². The molecule has 2 heterocycles. The Hall–Kier alpha value is -3.49. The largest absolute Gasteiger partial charge is 0.573 e. The van der Waals surface area contributed by atoms with E-state index in [2.05, 4.69) is 28.7 Å². The van der Waals surface area contributed by atoms with Gasteiger partial charge in [0.15, 0.2) is 5.58 Å². The molecule has 4 rings (SSSR count). The van der Waals surface area contributed by atoms with E-state index in [1.165, 1.54) is 12.2 Å². The number of halogens is 3. The summed E-state index contributed by atoms with van der Waals surface area (Å²) in [5.74, 6) is 0.830. The zero-order valence-corrected chi connectivity index (χ0v) is 16.9. The van der Waals surface area contributed by atoms with E-state index in [-0.39, 0.29) is 18.4 Å². The molecule has 31 heavy (non-hydrogen) atoms. The molecule has 0 atom stereocenters. The van der Waals surface area contributed by atoms with Crippen molar-refractivity contribution >= 4 is 16.5 Å². The molecule has 162 valence electrons. The molecular weight excluding hydrogens is 411 g/mol. The number of ether oxygens (including phenoxy) is 2. The Morgan fingerprint density at radius 2 is 2.06 bits per heavy atom. The molecule has 0 amide bonds. The minimum Gasteiger partial charge on any atom is -0.467 e. The van der Waals surface area contributed by atoms with Gasteiger partial charge >= 0.3 is 6.36 Å². The van der Waals surface area contributed by atoms with Crippen LogP contribution in [0.3, 0.4) is 0 Å². The summed E-state index contributed by atoms with van der Waals surface area (Å²) in [4.78, 5) is 4.32. The fraction of sp³-hybridized carbons (Fsp3) is 0.273. The van der Waals surface area contributed by atoms with E-state index < -0.39 is 6.36 Å². The maximum atomic E-state index is 12.5. The fourth-order valence-electron chi connectivity index (χ4n) is 3.30. The SMILES string of the molecule is CC(C)n1ccnc1COc1noc2ccc(C3=CC=C(OC(F)(F)F)C=CC3)cc12. The van der Waals surface area contributed by atoms with Crippen LogP contribution in [-0.4, -0.2) is 21.1 Å². The lowest BCUT2D eigenvalue weighted by Gasteiger charge is -2.11. The van der Waals surface area contributed by atoms with Crippen LogP contribution in [0.25, 0.3) is 16.5 Å². The molecule has 3 aromatic rings. The van der Waals surface area contributed by atoms with E-state index in [0.29, 0.717) is 23.3 Å². The molecule has 9 heteroatoms. The molecular formula is C22H20F3N3O3. The van der Waals surface area contributed by atoms with Crippen molar-refractivity contribution in [1.82, 2.24) is 14.7 Å². The summed E-state index contributed by atoms with van der Waals surface area (Å²) in [6.45, 7) is 4.33. The first-order chi connectivity index (χ1) is 14.8. The standard InChI is InChI=1S/C22H20F3N3O3/c1-14(2)28-11-10-26-20(28)13-29-21-18-12-16(7-9-19(18)31-27-21)15-4-3-5-17(8-6-15)30-22(23,24)25/h3,5-12,14H,4,13H2,1-2H3. The minimum absolute atomic E-state index is 0.226. The van der Waals surface area contributed by atoms with Gasteiger partial charge in [0.1, 0.15) is 18.2 Å². The van der Waals surface area contributed by atoms with E-state index in [4.69, 9.17) is 9.26 Å². The number of imidazole rings is 1. The van der Waals surface area contributed by atoms with E-state index >= 15 is 0 Å². The van der Waals surface area contributed by atoms with Gasteiger partial charge in [-0.15, -0.1) is 13.2 Å². The normalized spacial score (nSPS) is 14.5. The van der Waals surface area contributed by atoms with Gasteiger partial charge in [-0.1, -0.05) is 18.2 Å². The summed E-state index contributed by atoms with van der Waals surface area (Å²) >= 11 is 0. The first kappa shape index (κ1) is 20.8. The van der Waals surface area contributed by atoms with Crippen molar-refractivity contribution in [3.8, 4) is 5.88 Å². The zero-order chi connectivity index (χ0) is 22.0. The average Bonchev–Trinajstić information content (AvgIpc) is 3.27. The second kappa shape index (κ2) is 8.33. The van der Waals surface area contributed by atoms with Crippen molar-refractivity contribution in [2.45, 2.75) is 39.3 Å². The first-order valence-electron chi connectivity index (χ1n) is 9.67. The molecule has 0 aliphatic heterocycles. The van der Waals surface area contributed by atoms with Gasteiger partial charge < -0.3 is 18.6 Å². The van der Waals surface area contributed by atoms with Crippen LogP contribution in [0.1, 0.15) is 37.7 Å². The second-order valence-corrected chi connectivity index (χ2v) is 7.25. The second-order valence-electron chi connectivity index (χ2n) is 7.25. The summed E-state index contributed by atoms with van der Waals surface area (Å²) in [6, 6.07) is 5.67. The topological polar surface area (TPSA) is 62.3 Å². The molecule has 0 saturated heterocycles. The summed E-state index contributed by atoms with van der Waals surface area (Å²) in [5.41, 5.74) is 2.19. The van der Waals surface area contributed by atoms with Crippen LogP contribution in [0.5, 0.6) is 5.88 Å². The number of alkyl halides is 3. The third-order valence-electron chi connectivity index (χ3n) is 4.75. The molecule has 0 bridgehead atoms. The highest BCUT2D eigenvalue weighted by Gasteiger charge is 2.31. The number of benzene rings is 1. The minimum atomic E-state index is -4.73. The van der Waals surface area contributed by atoms with Crippen molar-refractivity contribution in [2.75, 3.05) is 0 Å². The molecule has 0 fully saturated rings. The summed E-state index contributed by atoms with van der Waals surface area (Å²) in [7, 11) is 0. The third kappa shape index (κ3) is 4.82. The van der Waals surface area contributed by atoms with Crippen molar-refractivity contribution in [3.05, 3.63) is 72.0 Å². The highest BCUT2D eigenvalue weighted by molar-refractivity contribution is 5.86. The molecule has 0 N–H and O–H groups in total. The molecule has 6 nitrogen and oxygen atoms in total. The third-order valence-corrected chi connectivity index (χ3v) is 4.75. The Morgan fingerprint density at radius 3 is 2.84 bits per heavy atom. The van der Waals surface area contributed by atoms with E-state index in [1.807, 2.05) is 22.9 Å². The smallest absolute Gasteiger partial charge is 0.467 e. The number of allylic oxidation sites excluding steroid dienone is 5. The molecule has 0 spiro atoms. The van der Waals surface area contributed by atoms with Crippen LogP contribution < -0.4 is 4.74 Å². The van der Waals surface area contributed by atoms with Crippen molar-refractivity contribution in [2.24, 2.45) is 0 Å². The van der Waals surface area contributed by atoms with Gasteiger partial charge in [-0.3, -0.25) is 0 Å². The number of aromatic nitrogens is 3. The molecule has 0 radical (unpaired) electrons. The Kier molecular flexibility index (Phi) is 5.58. The van der Waals surface area contributed by atoms with Gasteiger partial charge in [-0.05, 0) is 60.8 Å². The zero-order valence-electron chi connectivity index (χ0n) is 16.9. The first-order valence-corrected chi connectivity index (χ1v) is 9.67. The lowest BCUT2D eigenvalue weighted by atomic mass is 10.0. The van der Waals surface area contributed by atoms with Crippen LogP contribution in [0.2, 0.25) is 0 Å². The highest BCUT2D eigenvalue weighted by atomic mass is 19.4. The Morgan fingerprint density at radius 1 is 1.23 bits per heavy atom. The van der Waals surface area contributed by atoms with Crippen molar-refractivity contribution in [1.29, 1.82) is 0 Å². The van der Waals surface area contributed by atoms with E-state index in [0.717, 1.165) is 17.0 Å². The highest BCUT2D eigenvalue weighted by Crippen LogP contribution is 2.31. The van der Waals surface area contributed by atoms with Crippen LogP contribution in [0.4, 0.5) is 13.2 Å². The van der Waals surface area contributed by atoms with Gasteiger partial charge in [0.25, 0.3) is 5.88 Å². The average molecular weight is 431 g/mol. The molecule has 1 aliphatic carbocycles. The fourth-order valence-corrected chi connectivity index (χ4v) is 3.30. The molecule has 2 aromatic heterocycles. The number of fused-ring (bicyclic) bond motifs is 1. The lowest BCUT2D eigenvalue weighted by molar-refractivity contribution is -0.303. The van der Waals surface area contributed by atoms with E-state index in [1.54, 1.807) is 24.4 Å². The van der Waals surface area contributed by atoms with E-state index in [9.17, 15) is 13.2 Å². The maximum absolute atomic E-state index is 12.5. The summed E-state index contributed by atoms with van der Waals surface area (Å²) < 4.78 is 54.6. The monoisotopic (exact) mass is 431 g/mol. The predicted octanol–water partition coefficient (Wildman–Crippen LogP) is 5.95. The number of hydrogen-bond acceptors (Lipinski definition) is 5. The summed E-state index contributed by atoms with van der Waals surface area (Å²) in [6.07, 6.45) is 5.15. The van der Waals surface area contributed by atoms with Crippen LogP contribution in [0, 0.1) is 0 Å². The number of rotatable bonds is 6. The summed E-state index contributed by atoms with van der Waals surface area (Å²) in [5, 5.41) is 4.67. The van der Waals surface area contributed by atoms with Gasteiger partial charge in [-0.25, -0.2) is 4.98 Å². The Bertz CT molecular complexity index is 1170. The van der Waals surface area contributed by atoms with Gasteiger partial charge in [-0.2, -0.15) is 0 Å². The lowest BCUT2D eigenvalue weighted by Crippen LogP contribution is -2.11. The number of nitrogens with zero attached hydrogens (tertiary/aromatic N) is 3. The quantitative estimate of drug-likeness (QED) is 0.483. The molecule has 0 saturated carbocycles. The van der Waals surface area contributed by atoms with Gasteiger partial charge in [0.2, 0.25) is 0 Å². The number of hydrogen-bond donors (Lipinski definition) is 0. The Balaban J connectivity index is 1.57. The van der Waals surface area contributed by atoms with Crippen molar-refractivity contribution < 1.29 is 27.2 Å². The van der Waals surface area contributed by atoms with Crippen LogP contribution >= 0.6 is 0 Å². The van der Waals surface area contributed by atoms with Crippen molar-refractivity contribution in [3.63, 3.8) is 0 Å².